The van der Waals surface area contributed by atoms with Crippen LogP contribution in [0.1, 0.15) is 65.1 Å². The summed E-state index contributed by atoms with van der Waals surface area (Å²) in [5.74, 6) is -0.320. The molecule has 0 N–H and O–H groups in total. The van der Waals surface area contributed by atoms with Crippen LogP contribution < -0.4 is 0 Å². The first kappa shape index (κ1) is 17.7. The number of imide groups is 1. The van der Waals surface area contributed by atoms with Crippen molar-refractivity contribution in [2.45, 2.75) is 44.4 Å². The van der Waals surface area contributed by atoms with Gasteiger partial charge in [0.2, 0.25) is 0 Å². The molecule has 0 bridgehead atoms. The summed E-state index contributed by atoms with van der Waals surface area (Å²) in [6, 6.07) is 15.0. The van der Waals surface area contributed by atoms with E-state index in [2.05, 4.69) is 39.5 Å². The molecule has 2 aliphatic rings. The highest BCUT2D eigenvalue weighted by atomic mass is 32.1. The fourth-order valence-electron chi connectivity index (χ4n) is 3.29. The Balaban J connectivity index is 0.000000324. The molecule has 0 unspecified atom stereocenters. The zero-order valence-corrected chi connectivity index (χ0v) is 15.7. The number of carbonyl (C=O) groups is 2. The SMILES string of the molecule is CC(C)(C)S.O=C1c2ccccc2C(=O)N1[C@H]1CCc2ccccc21. The number of benzene rings is 2. The van der Waals surface area contributed by atoms with E-state index in [0.717, 1.165) is 18.4 Å². The Morgan fingerprint density at radius 2 is 1.40 bits per heavy atom. The van der Waals surface area contributed by atoms with Gasteiger partial charge < -0.3 is 0 Å². The standard InChI is InChI=1S/C17H13NO2.C4H10S/c19-16-13-7-3-4-8-14(13)17(20)18(16)15-10-9-11-5-1-2-6-12(11)15;1-4(2,3)5/h1-8,15H,9-10H2;5H,1-3H3/t15-;/m0./s1. The molecule has 0 spiro atoms. The molecule has 0 saturated carbocycles. The molecule has 0 fully saturated rings. The van der Waals surface area contributed by atoms with Gasteiger partial charge in [-0.1, -0.05) is 57.2 Å². The Bertz CT molecular complexity index is 782. The molecule has 0 saturated heterocycles. The third kappa shape index (κ3) is 3.64. The van der Waals surface area contributed by atoms with Gasteiger partial charge in [0.15, 0.2) is 0 Å². The lowest BCUT2D eigenvalue weighted by atomic mass is 10.1. The van der Waals surface area contributed by atoms with E-state index in [1.54, 1.807) is 24.3 Å². The average molecular weight is 353 g/mol. The maximum absolute atomic E-state index is 12.5. The molecular formula is C21H23NO2S. The summed E-state index contributed by atoms with van der Waals surface area (Å²) in [5.41, 5.74) is 3.42. The minimum absolute atomic E-state index is 0.112. The van der Waals surface area contributed by atoms with Gasteiger partial charge in [-0.2, -0.15) is 12.6 Å². The number of carbonyl (C=O) groups excluding carboxylic acids is 2. The number of hydrogen-bond donors (Lipinski definition) is 1. The fourth-order valence-corrected chi connectivity index (χ4v) is 3.29. The van der Waals surface area contributed by atoms with Gasteiger partial charge >= 0.3 is 0 Å². The third-order valence-corrected chi connectivity index (χ3v) is 4.24. The third-order valence-electron chi connectivity index (χ3n) is 4.24. The van der Waals surface area contributed by atoms with Crippen molar-refractivity contribution in [1.82, 2.24) is 4.90 Å². The molecule has 3 nitrogen and oxygen atoms in total. The van der Waals surface area contributed by atoms with E-state index in [-0.39, 0.29) is 22.6 Å². The highest BCUT2D eigenvalue weighted by molar-refractivity contribution is 7.81. The van der Waals surface area contributed by atoms with Gasteiger partial charge in [0.1, 0.15) is 0 Å². The van der Waals surface area contributed by atoms with E-state index in [9.17, 15) is 9.59 Å². The fraction of sp³-hybridized carbons (Fsp3) is 0.333. The topological polar surface area (TPSA) is 37.4 Å². The number of thiol groups is 1. The number of fused-ring (bicyclic) bond motifs is 2. The van der Waals surface area contributed by atoms with Crippen LogP contribution in [0.25, 0.3) is 0 Å². The van der Waals surface area contributed by atoms with Crippen molar-refractivity contribution in [1.29, 1.82) is 0 Å². The van der Waals surface area contributed by atoms with Crippen molar-refractivity contribution in [3.8, 4) is 0 Å². The van der Waals surface area contributed by atoms with E-state index >= 15 is 0 Å². The van der Waals surface area contributed by atoms with Crippen molar-refractivity contribution in [3.05, 3.63) is 70.8 Å². The average Bonchev–Trinajstić information content (AvgIpc) is 3.07. The summed E-state index contributed by atoms with van der Waals surface area (Å²) in [6.45, 7) is 6.16. The second-order valence-electron chi connectivity index (χ2n) is 7.45. The molecular weight excluding hydrogens is 330 g/mol. The van der Waals surface area contributed by atoms with Gasteiger partial charge in [0, 0.05) is 4.75 Å². The van der Waals surface area contributed by atoms with Crippen molar-refractivity contribution in [3.63, 3.8) is 0 Å². The van der Waals surface area contributed by atoms with Crippen LogP contribution in [0, 0.1) is 0 Å². The van der Waals surface area contributed by atoms with Crippen molar-refractivity contribution >= 4 is 24.4 Å². The normalized spacial score (nSPS) is 18.6. The lowest BCUT2D eigenvalue weighted by Gasteiger charge is -2.22. The summed E-state index contributed by atoms with van der Waals surface area (Å²) in [5, 5.41) is 0. The van der Waals surface area contributed by atoms with Gasteiger partial charge in [-0.05, 0) is 36.1 Å². The minimum Gasteiger partial charge on any atom is -0.269 e. The summed E-state index contributed by atoms with van der Waals surface area (Å²) >= 11 is 4.12. The highest BCUT2D eigenvalue weighted by Gasteiger charge is 2.42. The van der Waals surface area contributed by atoms with Gasteiger partial charge in [-0.3, -0.25) is 14.5 Å². The van der Waals surface area contributed by atoms with Crippen molar-refractivity contribution < 1.29 is 9.59 Å². The predicted molar refractivity (Wildman–Crippen MR) is 103 cm³/mol. The Labute approximate surface area is 154 Å². The quantitative estimate of drug-likeness (QED) is 0.597. The Morgan fingerprint density at radius 3 is 1.96 bits per heavy atom. The maximum atomic E-state index is 12.5. The number of nitrogens with zero attached hydrogens (tertiary/aromatic N) is 1. The number of rotatable bonds is 1. The van der Waals surface area contributed by atoms with Gasteiger partial charge in [0.05, 0.1) is 17.2 Å². The van der Waals surface area contributed by atoms with Gasteiger partial charge in [0.25, 0.3) is 11.8 Å². The molecule has 4 heteroatoms. The Hall–Kier alpha value is -2.07. The van der Waals surface area contributed by atoms with Crippen LogP contribution in [0.5, 0.6) is 0 Å². The molecule has 4 rings (SSSR count). The minimum atomic E-state index is -0.160. The first-order valence-corrected chi connectivity index (χ1v) is 8.99. The molecule has 0 aromatic heterocycles. The molecule has 2 aromatic carbocycles. The molecule has 1 aliphatic heterocycles. The second-order valence-corrected chi connectivity index (χ2v) is 8.79. The predicted octanol–water partition coefficient (Wildman–Crippen LogP) is 4.68. The van der Waals surface area contributed by atoms with Crippen molar-refractivity contribution in [2.24, 2.45) is 0 Å². The molecule has 0 radical (unpaired) electrons. The second kappa shape index (κ2) is 6.68. The lowest BCUT2D eigenvalue weighted by molar-refractivity contribution is 0.0582. The summed E-state index contributed by atoms with van der Waals surface area (Å²) in [6.07, 6.45) is 1.75. The molecule has 2 aromatic rings. The maximum Gasteiger partial charge on any atom is 0.262 e. The monoisotopic (exact) mass is 353 g/mol. The van der Waals surface area contributed by atoms with Crippen LogP contribution in [0.4, 0.5) is 0 Å². The van der Waals surface area contributed by atoms with E-state index in [4.69, 9.17) is 0 Å². The molecule has 1 atom stereocenters. The van der Waals surface area contributed by atoms with Crippen LogP contribution in [0.3, 0.4) is 0 Å². The zero-order chi connectivity index (χ0) is 18.2. The summed E-state index contributed by atoms with van der Waals surface area (Å²) in [4.78, 5) is 26.5. The molecule has 1 aliphatic carbocycles. The van der Waals surface area contributed by atoms with Crippen LogP contribution >= 0.6 is 12.6 Å². The molecule has 1 heterocycles. The molecule has 130 valence electrons. The first-order valence-electron chi connectivity index (χ1n) is 8.54. The van der Waals surface area contributed by atoms with Crippen LogP contribution in [0.2, 0.25) is 0 Å². The molecule has 25 heavy (non-hydrogen) atoms. The van der Waals surface area contributed by atoms with Crippen molar-refractivity contribution in [2.75, 3.05) is 0 Å². The lowest BCUT2D eigenvalue weighted by Crippen LogP contribution is -2.33. The largest absolute Gasteiger partial charge is 0.269 e. The van der Waals surface area contributed by atoms with Crippen LogP contribution in [0.15, 0.2) is 48.5 Å². The summed E-state index contributed by atoms with van der Waals surface area (Å²) in [7, 11) is 0. The molecule has 2 amide bonds. The van der Waals surface area contributed by atoms with Gasteiger partial charge in [-0.25, -0.2) is 0 Å². The van der Waals surface area contributed by atoms with E-state index in [0.29, 0.717) is 11.1 Å². The van der Waals surface area contributed by atoms with Crippen LogP contribution in [-0.4, -0.2) is 21.5 Å². The Kier molecular flexibility index (Phi) is 4.74. The summed E-state index contributed by atoms with van der Waals surface area (Å²) < 4.78 is 0.194. The smallest absolute Gasteiger partial charge is 0.262 e. The van der Waals surface area contributed by atoms with Crippen LogP contribution in [-0.2, 0) is 6.42 Å². The number of aryl methyl sites for hydroxylation is 1. The van der Waals surface area contributed by atoms with E-state index in [1.165, 1.54) is 10.5 Å². The van der Waals surface area contributed by atoms with E-state index < -0.39 is 0 Å². The zero-order valence-electron chi connectivity index (χ0n) is 14.8. The first-order chi connectivity index (χ1) is 11.8. The highest BCUT2D eigenvalue weighted by Crippen LogP contribution is 2.39. The van der Waals surface area contributed by atoms with Gasteiger partial charge in [-0.15, -0.1) is 0 Å². The number of amides is 2. The number of hydrogen-bond acceptors (Lipinski definition) is 3. The Morgan fingerprint density at radius 1 is 0.920 bits per heavy atom. The van der Waals surface area contributed by atoms with E-state index in [1.807, 2.05) is 18.2 Å².